The minimum Gasteiger partial charge on any atom is -0.336 e. The Kier molecular flexibility index (Phi) is 5.72. The summed E-state index contributed by atoms with van der Waals surface area (Å²) < 4.78 is 26.9. The van der Waals surface area contributed by atoms with Crippen molar-refractivity contribution < 1.29 is 13.6 Å². The van der Waals surface area contributed by atoms with Gasteiger partial charge < -0.3 is 9.88 Å². The standard InChI is InChI=1S/C23H21F2N3O2/c24-18-7-3-16(4-8-18)21(17-5-9-19(25)10-6-17)27-12-14-28(15-13-27)23(30)20-2-1-11-26-22(20)29/h1-11,21H,12-15H2,(H,26,29). The van der Waals surface area contributed by atoms with Crippen molar-refractivity contribution in [1.29, 1.82) is 0 Å². The van der Waals surface area contributed by atoms with Crippen LogP contribution in [0.5, 0.6) is 0 Å². The van der Waals surface area contributed by atoms with E-state index in [0.717, 1.165) is 11.1 Å². The first-order valence-corrected chi connectivity index (χ1v) is 9.75. The number of aromatic amines is 1. The minimum atomic E-state index is -0.402. The zero-order chi connectivity index (χ0) is 21.1. The predicted molar refractivity (Wildman–Crippen MR) is 109 cm³/mol. The van der Waals surface area contributed by atoms with Crippen LogP contribution in [-0.4, -0.2) is 46.9 Å². The zero-order valence-corrected chi connectivity index (χ0v) is 16.2. The van der Waals surface area contributed by atoms with Crippen molar-refractivity contribution in [1.82, 2.24) is 14.8 Å². The molecule has 0 aliphatic carbocycles. The second-order valence-electron chi connectivity index (χ2n) is 7.25. The molecular weight excluding hydrogens is 388 g/mol. The van der Waals surface area contributed by atoms with E-state index in [1.807, 2.05) is 0 Å². The number of amides is 1. The molecule has 2 aromatic carbocycles. The average molecular weight is 409 g/mol. The van der Waals surface area contributed by atoms with E-state index >= 15 is 0 Å². The number of carbonyl (C=O) groups excluding carboxylic acids is 1. The van der Waals surface area contributed by atoms with Gasteiger partial charge in [-0.2, -0.15) is 0 Å². The predicted octanol–water partition coefficient (Wildman–Crippen LogP) is 3.20. The number of H-pyrrole nitrogens is 1. The number of rotatable bonds is 4. The van der Waals surface area contributed by atoms with Gasteiger partial charge in [0.1, 0.15) is 17.2 Å². The number of pyridine rings is 1. The summed E-state index contributed by atoms with van der Waals surface area (Å²) in [6.07, 6.45) is 1.49. The van der Waals surface area contributed by atoms with E-state index in [-0.39, 0.29) is 29.1 Å². The Hall–Kier alpha value is -3.32. The van der Waals surface area contributed by atoms with E-state index < -0.39 is 5.56 Å². The van der Waals surface area contributed by atoms with E-state index in [1.54, 1.807) is 35.2 Å². The molecule has 4 rings (SSSR count). The number of hydrogen-bond acceptors (Lipinski definition) is 3. The van der Waals surface area contributed by atoms with Gasteiger partial charge in [0, 0.05) is 32.4 Å². The fourth-order valence-electron chi connectivity index (χ4n) is 3.85. The van der Waals surface area contributed by atoms with Crippen LogP contribution in [0.25, 0.3) is 0 Å². The fraction of sp³-hybridized carbons (Fsp3) is 0.217. The summed E-state index contributed by atoms with van der Waals surface area (Å²) in [4.78, 5) is 31.0. The normalized spacial score (nSPS) is 14.8. The molecule has 0 saturated carbocycles. The van der Waals surface area contributed by atoms with Crippen molar-refractivity contribution in [2.75, 3.05) is 26.2 Å². The maximum absolute atomic E-state index is 13.4. The molecule has 1 saturated heterocycles. The van der Waals surface area contributed by atoms with Crippen molar-refractivity contribution in [3.05, 3.63) is 106 Å². The summed E-state index contributed by atoms with van der Waals surface area (Å²) in [5.74, 6) is -0.933. The van der Waals surface area contributed by atoms with Gasteiger partial charge >= 0.3 is 0 Å². The third-order valence-electron chi connectivity index (χ3n) is 5.39. The largest absolute Gasteiger partial charge is 0.336 e. The number of nitrogens with zero attached hydrogens (tertiary/aromatic N) is 2. The molecule has 154 valence electrons. The first-order valence-electron chi connectivity index (χ1n) is 9.75. The molecule has 7 heteroatoms. The summed E-state index contributed by atoms with van der Waals surface area (Å²) >= 11 is 0. The topological polar surface area (TPSA) is 56.4 Å². The van der Waals surface area contributed by atoms with Crippen LogP contribution in [0.15, 0.2) is 71.7 Å². The van der Waals surface area contributed by atoms with Crippen LogP contribution in [0.3, 0.4) is 0 Å². The van der Waals surface area contributed by atoms with E-state index in [2.05, 4.69) is 9.88 Å². The molecule has 0 bridgehead atoms. The Labute approximate surface area is 172 Å². The van der Waals surface area contributed by atoms with Gasteiger partial charge in [0.2, 0.25) is 0 Å². The molecule has 0 unspecified atom stereocenters. The van der Waals surface area contributed by atoms with Crippen LogP contribution in [-0.2, 0) is 0 Å². The van der Waals surface area contributed by atoms with Gasteiger partial charge in [-0.15, -0.1) is 0 Å². The Balaban J connectivity index is 1.55. The van der Waals surface area contributed by atoms with Gasteiger partial charge in [0.25, 0.3) is 11.5 Å². The number of carbonyl (C=O) groups is 1. The lowest BCUT2D eigenvalue weighted by Gasteiger charge is -2.39. The maximum Gasteiger partial charge on any atom is 0.260 e. The minimum absolute atomic E-state index is 0.125. The van der Waals surface area contributed by atoms with E-state index in [1.165, 1.54) is 36.5 Å². The van der Waals surface area contributed by atoms with Crippen LogP contribution in [0.4, 0.5) is 8.78 Å². The van der Waals surface area contributed by atoms with Crippen molar-refractivity contribution in [3.8, 4) is 0 Å². The van der Waals surface area contributed by atoms with Crippen molar-refractivity contribution in [3.63, 3.8) is 0 Å². The summed E-state index contributed by atoms with van der Waals surface area (Å²) in [5, 5.41) is 0. The highest BCUT2D eigenvalue weighted by atomic mass is 19.1. The van der Waals surface area contributed by atoms with E-state index in [4.69, 9.17) is 0 Å². The van der Waals surface area contributed by atoms with E-state index in [0.29, 0.717) is 26.2 Å². The number of piperazine rings is 1. The van der Waals surface area contributed by atoms with Gasteiger partial charge in [-0.1, -0.05) is 24.3 Å². The summed E-state index contributed by atoms with van der Waals surface area (Å²) in [5.41, 5.74) is 1.50. The molecule has 1 aliphatic heterocycles. The van der Waals surface area contributed by atoms with Gasteiger partial charge in [-0.3, -0.25) is 14.5 Å². The zero-order valence-electron chi connectivity index (χ0n) is 16.2. The van der Waals surface area contributed by atoms with Crippen LogP contribution in [0.1, 0.15) is 27.5 Å². The molecule has 0 spiro atoms. The molecular formula is C23H21F2N3O2. The number of nitrogens with one attached hydrogen (secondary N) is 1. The SMILES string of the molecule is O=C(c1ccc[nH]c1=O)N1CCN(C(c2ccc(F)cc2)c2ccc(F)cc2)CC1. The summed E-state index contributed by atoms with van der Waals surface area (Å²) in [6, 6.07) is 15.5. The maximum atomic E-state index is 13.4. The van der Waals surface area contributed by atoms with Crippen molar-refractivity contribution in [2.24, 2.45) is 0 Å². The molecule has 1 fully saturated rings. The van der Waals surface area contributed by atoms with Crippen LogP contribution < -0.4 is 5.56 Å². The first kappa shape index (κ1) is 20.0. The molecule has 1 N–H and O–H groups in total. The number of benzene rings is 2. The highest BCUT2D eigenvalue weighted by molar-refractivity contribution is 5.93. The molecule has 1 aromatic heterocycles. The lowest BCUT2D eigenvalue weighted by atomic mass is 9.96. The van der Waals surface area contributed by atoms with Gasteiger partial charge in [0.05, 0.1) is 6.04 Å². The highest BCUT2D eigenvalue weighted by Crippen LogP contribution is 2.30. The molecule has 2 heterocycles. The third-order valence-corrected chi connectivity index (χ3v) is 5.39. The van der Waals surface area contributed by atoms with Gasteiger partial charge in [-0.05, 0) is 47.5 Å². The Bertz CT molecular complexity index is 1030. The number of aromatic nitrogens is 1. The lowest BCUT2D eigenvalue weighted by Crippen LogP contribution is -2.50. The molecule has 0 atom stereocenters. The quantitative estimate of drug-likeness (QED) is 0.720. The first-order chi connectivity index (χ1) is 14.5. The molecule has 5 nitrogen and oxygen atoms in total. The van der Waals surface area contributed by atoms with Gasteiger partial charge in [-0.25, -0.2) is 8.78 Å². The molecule has 1 amide bonds. The summed E-state index contributed by atoms with van der Waals surface area (Å²) in [7, 11) is 0. The third kappa shape index (κ3) is 4.16. The smallest absolute Gasteiger partial charge is 0.260 e. The molecule has 30 heavy (non-hydrogen) atoms. The second-order valence-corrected chi connectivity index (χ2v) is 7.25. The fourth-order valence-corrected chi connectivity index (χ4v) is 3.85. The number of halogens is 2. The molecule has 1 aliphatic rings. The van der Waals surface area contributed by atoms with Crippen LogP contribution in [0, 0.1) is 11.6 Å². The average Bonchev–Trinajstić information content (AvgIpc) is 2.77. The molecule has 3 aromatic rings. The van der Waals surface area contributed by atoms with Crippen LogP contribution >= 0.6 is 0 Å². The van der Waals surface area contributed by atoms with E-state index in [9.17, 15) is 18.4 Å². The van der Waals surface area contributed by atoms with Crippen molar-refractivity contribution >= 4 is 5.91 Å². The van der Waals surface area contributed by atoms with Crippen LogP contribution in [0.2, 0.25) is 0 Å². The van der Waals surface area contributed by atoms with Crippen molar-refractivity contribution in [2.45, 2.75) is 6.04 Å². The lowest BCUT2D eigenvalue weighted by molar-refractivity contribution is 0.0595. The number of hydrogen-bond donors (Lipinski definition) is 1. The monoisotopic (exact) mass is 409 g/mol. The Morgan fingerprint density at radius 3 is 1.87 bits per heavy atom. The van der Waals surface area contributed by atoms with Gasteiger partial charge in [0.15, 0.2) is 0 Å². The highest BCUT2D eigenvalue weighted by Gasteiger charge is 2.29. The molecule has 0 radical (unpaired) electrons. The summed E-state index contributed by atoms with van der Waals surface area (Å²) in [6.45, 7) is 2.03. The second kappa shape index (κ2) is 8.59. The Morgan fingerprint density at radius 2 is 1.37 bits per heavy atom. The Morgan fingerprint density at radius 1 is 0.833 bits per heavy atom.